The monoisotopic (exact) mass is 293 g/mol. The first kappa shape index (κ1) is 15.8. The first-order valence-electron chi connectivity index (χ1n) is 5.57. The van der Waals surface area contributed by atoms with Crippen LogP contribution in [-0.2, 0) is 0 Å². The topological polar surface area (TPSA) is 54.0 Å². The number of thioether (sulfide) groups is 1. The van der Waals surface area contributed by atoms with Crippen molar-refractivity contribution >= 4 is 17.7 Å². The van der Waals surface area contributed by atoms with Crippen molar-refractivity contribution in [2.24, 2.45) is 0 Å². The minimum atomic E-state index is -4.46. The number of hydrogen-bond acceptors (Lipinski definition) is 4. The molecule has 1 amide bonds. The number of nitrogens with one attached hydrogen (secondary N) is 2. The van der Waals surface area contributed by atoms with Crippen LogP contribution in [0.25, 0.3) is 0 Å². The molecule has 0 atom stereocenters. The van der Waals surface area contributed by atoms with Crippen LogP contribution in [0.3, 0.4) is 0 Å². The summed E-state index contributed by atoms with van der Waals surface area (Å²) in [6.07, 6.45) is 1.93. The predicted octanol–water partition coefficient (Wildman–Crippen LogP) is 2.03. The molecule has 19 heavy (non-hydrogen) atoms. The Morgan fingerprint density at radius 3 is 2.79 bits per heavy atom. The summed E-state index contributed by atoms with van der Waals surface area (Å²) in [6.45, 7) is 1.11. The standard InChI is InChI=1S/C11H14F3N3OS/c1-15-5-3-7-16-9(18)8-4-2-6-17-10(8)19-11(12,13)14/h2,4,6,15H,3,5,7H2,1H3,(H,16,18). The molecule has 0 radical (unpaired) electrons. The maximum Gasteiger partial charge on any atom is 0.447 e. The lowest BCUT2D eigenvalue weighted by molar-refractivity contribution is -0.0329. The van der Waals surface area contributed by atoms with Crippen molar-refractivity contribution in [3.63, 3.8) is 0 Å². The third kappa shape index (κ3) is 5.93. The fourth-order valence-electron chi connectivity index (χ4n) is 1.32. The van der Waals surface area contributed by atoms with E-state index >= 15 is 0 Å². The quantitative estimate of drug-likeness (QED) is 0.622. The minimum absolute atomic E-state index is 0.0608. The molecule has 1 heterocycles. The second kappa shape index (κ2) is 7.34. The number of alkyl halides is 3. The lowest BCUT2D eigenvalue weighted by Gasteiger charge is -2.10. The first-order chi connectivity index (χ1) is 8.94. The summed E-state index contributed by atoms with van der Waals surface area (Å²) in [6, 6.07) is 2.76. The van der Waals surface area contributed by atoms with E-state index in [9.17, 15) is 18.0 Å². The van der Waals surface area contributed by atoms with Crippen molar-refractivity contribution in [3.05, 3.63) is 23.9 Å². The molecule has 0 aliphatic rings. The maximum atomic E-state index is 12.3. The third-order valence-corrected chi connectivity index (χ3v) is 2.87. The van der Waals surface area contributed by atoms with Crippen molar-refractivity contribution in [1.29, 1.82) is 0 Å². The van der Waals surface area contributed by atoms with Gasteiger partial charge in [0.05, 0.1) is 5.56 Å². The molecule has 0 fully saturated rings. The summed E-state index contributed by atoms with van der Waals surface area (Å²) in [5, 5.41) is 5.14. The highest BCUT2D eigenvalue weighted by Gasteiger charge is 2.32. The molecule has 8 heteroatoms. The van der Waals surface area contributed by atoms with Crippen LogP contribution in [0.5, 0.6) is 0 Å². The van der Waals surface area contributed by atoms with Crippen molar-refractivity contribution in [3.8, 4) is 0 Å². The number of hydrogen-bond donors (Lipinski definition) is 2. The van der Waals surface area contributed by atoms with Crippen molar-refractivity contribution in [2.75, 3.05) is 20.1 Å². The van der Waals surface area contributed by atoms with Gasteiger partial charge in [0.2, 0.25) is 0 Å². The Morgan fingerprint density at radius 2 is 2.16 bits per heavy atom. The average Bonchev–Trinajstić information content (AvgIpc) is 2.33. The zero-order chi connectivity index (χ0) is 14.3. The SMILES string of the molecule is CNCCCNC(=O)c1cccnc1SC(F)(F)F. The largest absolute Gasteiger partial charge is 0.447 e. The molecule has 0 aliphatic heterocycles. The number of amides is 1. The van der Waals surface area contributed by atoms with Gasteiger partial charge in [-0.15, -0.1) is 0 Å². The van der Waals surface area contributed by atoms with Crippen LogP contribution >= 0.6 is 11.8 Å². The first-order valence-corrected chi connectivity index (χ1v) is 6.39. The van der Waals surface area contributed by atoms with E-state index in [1.807, 2.05) is 0 Å². The minimum Gasteiger partial charge on any atom is -0.352 e. The Kier molecular flexibility index (Phi) is 6.10. The van der Waals surface area contributed by atoms with E-state index in [1.54, 1.807) is 7.05 Å². The fraction of sp³-hybridized carbons (Fsp3) is 0.455. The molecule has 4 nitrogen and oxygen atoms in total. The van der Waals surface area contributed by atoms with Gasteiger partial charge in [-0.2, -0.15) is 13.2 Å². The summed E-state index contributed by atoms with van der Waals surface area (Å²) < 4.78 is 37.0. The molecular formula is C11H14F3N3OS. The fourth-order valence-corrected chi connectivity index (χ4v) is 1.92. The number of carbonyl (C=O) groups is 1. The van der Waals surface area contributed by atoms with Gasteiger partial charge in [0.15, 0.2) is 0 Å². The van der Waals surface area contributed by atoms with E-state index < -0.39 is 11.4 Å². The predicted molar refractivity (Wildman–Crippen MR) is 67.0 cm³/mol. The smallest absolute Gasteiger partial charge is 0.352 e. The highest BCUT2D eigenvalue weighted by Crippen LogP contribution is 2.37. The molecule has 2 N–H and O–H groups in total. The molecular weight excluding hydrogens is 279 g/mol. The number of nitrogens with zero attached hydrogens (tertiary/aromatic N) is 1. The molecule has 0 saturated heterocycles. The molecule has 1 aromatic heterocycles. The molecule has 0 aromatic carbocycles. The number of aromatic nitrogens is 1. The van der Waals surface area contributed by atoms with E-state index in [2.05, 4.69) is 15.6 Å². The summed E-state index contributed by atoms with van der Waals surface area (Å²) in [7, 11) is 1.78. The lowest BCUT2D eigenvalue weighted by atomic mass is 10.2. The highest BCUT2D eigenvalue weighted by molar-refractivity contribution is 8.00. The zero-order valence-corrected chi connectivity index (χ0v) is 11.1. The lowest BCUT2D eigenvalue weighted by Crippen LogP contribution is -2.27. The van der Waals surface area contributed by atoms with Crippen LogP contribution in [0.2, 0.25) is 0 Å². The van der Waals surface area contributed by atoms with Gasteiger partial charge in [-0.3, -0.25) is 4.79 Å². The summed E-state index contributed by atoms with van der Waals surface area (Å²) in [4.78, 5) is 15.4. The maximum absolute atomic E-state index is 12.3. The summed E-state index contributed by atoms with van der Waals surface area (Å²) in [5.41, 5.74) is -4.52. The van der Waals surface area contributed by atoms with E-state index in [0.717, 1.165) is 6.54 Å². The zero-order valence-electron chi connectivity index (χ0n) is 10.3. The van der Waals surface area contributed by atoms with Gasteiger partial charge >= 0.3 is 5.51 Å². The van der Waals surface area contributed by atoms with Gasteiger partial charge in [-0.25, -0.2) is 4.98 Å². The number of carbonyl (C=O) groups excluding carboxylic acids is 1. The molecule has 0 unspecified atom stereocenters. The normalized spacial score (nSPS) is 11.4. The van der Waals surface area contributed by atoms with Crippen molar-refractivity contribution in [1.82, 2.24) is 15.6 Å². The Labute approximate surface area is 113 Å². The molecule has 1 rings (SSSR count). The van der Waals surface area contributed by atoms with Gasteiger partial charge in [0.1, 0.15) is 5.03 Å². The summed E-state index contributed by atoms with van der Waals surface area (Å²) in [5.74, 6) is -0.545. The Bertz CT molecular complexity index is 426. The van der Waals surface area contributed by atoms with Gasteiger partial charge < -0.3 is 10.6 Å². The Balaban J connectivity index is 2.68. The Hall–Kier alpha value is -1.28. The van der Waals surface area contributed by atoms with Crippen LogP contribution in [0.1, 0.15) is 16.8 Å². The molecule has 1 aromatic rings. The molecule has 106 valence electrons. The molecule has 0 aliphatic carbocycles. The molecule has 0 spiro atoms. The van der Waals surface area contributed by atoms with Crippen molar-refractivity contribution < 1.29 is 18.0 Å². The van der Waals surface area contributed by atoms with Crippen LogP contribution in [0, 0.1) is 0 Å². The summed E-state index contributed by atoms with van der Waals surface area (Å²) >= 11 is -0.385. The third-order valence-electron chi connectivity index (χ3n) is 2.12. The second-order valence-corrected chi connectivity index (χ2v) is 4.67. The van der Waals surface area contributed by atoms with E-state index in [1.165, 1.54) is 18.3 Å². The van der Waals surface area contributed by atoms with Gasteiger partial charge in [0, 0.05) is 24.5 Å². The van der Waals surface area contributed by atoms with E-state index in [0.29, 0.717) is 13.0 Å². The number of halogens is 3. The van der Waals surface area contributed by atoms with Crippen molar-refractivity contribution in [2.45, 2.75) is 17.0 Å². The van der Waals surface area contributed by atoms with Crippen LogP contribution in [0.4, 0.5) is 13.2 Å². The van der Waals surface area contributed by atoms with Crippen LogP contribution in [0.15, 0.2) is 23.4 Å². The van der Waals surface area contributed by atoms with E-state index in [-0.39, 0.29) is 22.4 Å². The van der Waals surface area contributed by atoms with Gasteiger partial charge in [-0.05, 0) is 32.1 Å². The second-order valence-electron chi connectivity index (χ2n) is 3.62. The van der Waals surface area contributed by atoms with E-state index in [4.69, 9.17) is 0 Å². The van der Waals surface area contributed by atoms with Gasteiger partial charge in [0.25, 0.3) is 5.91 Å². The number of rotatable bonds is 6. The highest BCUT2D eigenvalue weighted by atomic mass is 32.2. The van der Waals surface area contributed by atoms with Gasteiger partial charge in [-0.1, -0.05) is 0 Å². The molecule has 0 bridgehead atoms. The van der Waals surface area contributed by atoms with Crippen LogP contribution in [-0.4, -0.2) is 36.5 Å². The number of pyridine rings is 1. The Morgan fingerprint density at radius 1 is 1.42 bits per heavy atom. The van der Waals surface area contributed by atoms with Crippen LogP contribution < -0.4 is 10.6 Å². The average molecular weight is 293 g/mol. The molecule has 0 saturated carbocycles.